The van der Waals surface area contributed by atoms with Gasteiger partial charge in [0.05, 0.1) is 5.56 Å². The number of likely N-dealkylation sites (tertiary alicyclic amines) is 1. The van der Waals surface area contributed by atoms with Crippen LogP contribution in [0.25, 0.3) is 0 Å². The van der Waals surface area contributed by atoms with Gasteiger partial charge in [-0.1, -0.05) is 6.07 Å². The average Bonchev–Trinajstić information content (AvgIpc) is 2.62. The molecule has 1 fully saturated rings. The number of benzene rings is 1. The van der Waals surface area contributed by atoms with Crippen molar-refractivity contribution >= 4 is 17.4 Å². The number of anilines is 2. The molecule has 2 heterocycles. The first-order valence-electron chi connectivity index (χ1n) is 8.59. The molecule has 1 atom stereocenters. The lowest BCUT2D eigenvalue weighted by atomic mass is 9.97. The minimum absolute atomic E-state index is 0.0344. The zero-order valence-corrected chi connectivity index (χ0v) is 14.3. The van der Waals surface area contributed by atoms with E-state index in [0.29, 0.717) is 23.0 Å². The molecular weight excluding hydrogens is 319 g/mol. The first kappa shape index (κ1) is 17.4. The molecule has 5 nitrogen and oxygen atoms in total. The van der Waals surface area contributed by atoms with Crippen molar-refractivity contribution in [2.75, 3.05) is 32.0 Å². The molecule has 2 N–H and O–H groups in total. The topological polar surface area (TPSA) is 57.3 Å². The number of hydrogen-bond donors (Lipinski definition) is 2. The van der Waals surface area contributed by atoms with E-state index in [1.807, 2.05) is 11.9 Å². The number of amides is 1. The number of halogens is 1. The number of hydrogen-bond acceptors (Lipinski definition) is 4. The zero-order chi connectivity index (χ0) is 17.6. The third-order valence-electron chi connectivity index (χ3n) is 4.42. The van der Waals surface area contributed by atoms with E-state index in [2.05, 4.69) is 15.6 Å². The Bertz CT molecular complexity index is 735. The maximum atomic E-state index is 13.4. The lowest BCUT2D eigenvalue weighted by Crippen LogP contribution is -2.42. The predicted molar refractivity (Wildman–Crippen MR) is 96.5 cm³/mol. The molecule has 1 aliphatic heterocycles. The van der Waals surface area contributed by atoms with Crippen LogP contribution in [0.2, 0.25) is 0 Å². The van der Waals surface area contributed by atoms with Crippen LogP contribution in [-0.2, 0) is 0 Å². The van der Waals surface area contributed by atoms with E-state index in [9.17, 15) is 9.18 Å². The molecule has 0 bridgehead atoms. The van der Waals surface area contributed by atoms with Gasteiger partial charge in [0.25, 0.3) is 5.91 Å². The Kier molecular flexibility index (Phi) is 5.60. The summed E-state index contributed by atoms with van der Waals surface area (Å²) in [4.78, 5) is 19.1. The molecule has 6 heteroatoms. The van der Waals surface area contributed by atoms with E-state index >= 15 is 0 Å². The van der Waals surface area contributed by atoms with Crippen LogP contribution in [0.5, 0.6) is 0 Å². The average molecular weight is 342 g/mol. The second-order valence-corrected chi connectivity index (χ2v) is 6.35. The van der Waals surface area contributed by atoms with E-state index in [0.717, 1.165) is 32.5 Å². The van der Waals surface area contributed by atoms with Gasteiger partial charge in [0, 0.05) is 25.0 Å². The van der Waals surface area contributed by atoms with Crippen molar-refractivity contribution in [3.63, 3.8) is 0 Å². The van der Waals surface area contributed by atoms with E-state index in [4.69, 9.17) is 0 Å². The zero-order valence-electron chi connectivity index (χ0n) is 14.3. The summed E-state index contributed by atoms with van der Waals surface area (Å²) in [6, 6.07) is 9.64. The van der Waals surface area contributed by atoms with Crippen LogP contribution in [0, 0.1) is 11.7 Å². The number of pyridine rings is 1. The summed E-state index contributed by atoms with van der Waals surface area (Å²) >= 11 is 0. The van der Waals surface area contributed by atoms with Gasteiger partial charge in [0.1, 0.15) is 11.6 Å². The number of rotatable bonds is 5. The van der Waals surface area contributed by atoms with Crippen molar-refractivity contribution < 1.29 is 9.18 Å². The molecule has 0 spiro atoms. The van der Waals surface area contributed by atoms with E-state index in [1.54, 1.807) is 30.5 Å². The van der Waals surface area contributed by atoms with Crippen molar-refractivity contribution in [3.05, 3.63) is 54.0 Å². The van der Waals surface area contributed by atoms with Gasteiger partial charge in [-0.15, -0.1) is 0 Å². The lowest BCUT2D eigenvalue weighted by Gasteiger charge is -2.33. The van der Waals surface area contributed by atoms with E-state index in [1.165, 1.54) is 12.1 Å². The Labute approximate surface area is 147 Å². The van der Waals surface area contributed by atoms with Gasteiger partial charge in [0.15, 0.2) is 0 Å². The van der Waals surface area contributed by atoms with Crippen LogP contribution in [0.4, 0.5) is 15.9 Å². The Morgan fingerprint density at radius 3 is 3.04 bits per heavy atom. The van der Waals surface area contributed by atoms with Gasteiger partial charge < -0.3 is 15.5 Å². The molecule has 1 saturated heterocycles. The number of nitrogens with one attached hydrogen (secondary N) is 2. The highest BCUT2D eigenvalue weighted by molar-refractivity contribution is 5.99. The van der Waals surface area contributed by atoms with Crippen molar-refractivity contribution in [3.8, 4) is 0 Å². The standard InChI is InChI=1S/C19H23FN4O/c1-21-12-14-5-4-10-24(13-14)19(25)17-8-3-9-22-18(17)23-16-7-2-6-15(20)11-16/h2-3,6-9,11,14,21H,4-5,10,12-13H2,1H3,(H,22,23)/t14-/m0/s1. The Balaban J connectivity index is 1.79. The number of piperidine rings is 1. The second kappa shape index (κ2) is 8.07. The number of carbonyl (C=O) groups excluding carboxylic acids is 1. The van der Waals surface area contributed by atoms with Crippen molar-refractivity contribution in [2.24, 2.45) is 5.92 Å². The SMILES string of the molecule is CNC[C@@H]1CCCN(C(=O)c2cccnc2Nc2cccc(F)c2)C1. The van der Waals surface area contributed by atoms with E-state index in [-0.39, 0.29) is 11.7 Å². The Hall–Kier alpha value is -2.47. The van der Waals surface area contributed by atoms with Gasteiger partial charge in [-0.3, -0.25) is 4.79 Å². The highest BCUT2D eigenvalue weighted by atomic mass is 19.1. The summed E-state index contributed by atoms with van der Waals surface area (Å²) in [5.41, 5.74) is 1.08. The van der Waals surface area contributed by atoms with Crippen LogP contribution in [-0.4, -0.2) is 42.5 Å². The van der Waals surface area contributed by atoms with Gasteiger partial charge in [-0.2, -0.15) is 0 Å². The molecule has 0 radical (unpaired) electrons. The normalized spacial score (nSPS) is 17.4. The molecule has 0 unspecified atom stereocenters. The van der Waals surface area contributed by atoms with Gasteiger partial charge in [-0.25, -0.2) is 9.37 Å². The van der Waals surface area contributed by atoms with Gasteiger partial charge in [-0.05, 0) is 62.7 Å². The predicted octanol–water partition coefficient (Wildman–Crippen LogP) is 3.04. The summed E-state index contributed by atoms with van der Waals surface area (Å²) < 4.78 is 13.4. The number of carbonyl (C=O) groups is 1. The van der Waals surface area contributed by atoms with Crippen molar-refractivity contribution in [1.82, 2.24) is 15.2 Å². The molecule has 2 aromatic rings. The third-order valence-corrected chi connectivity index (χ3v) is 4.42. The fraction of sp³-hybridized carbons (Fsp3) is 0.368. The third kappa shape index (κ3) is 4.33. The molecule has 1 aliphatic rings. The highest BCUT2D eigenvalue weighted by Gasteiger charge is 2.25. The monoisotopic (exact) mass is 342 g/mol. The summed E-state index contributed by atoms with van der Waals surface area (Å²) in [5.74, 6) is 0.556. The van der Waals surface area contributed by atoms with Crippen LogP contribution in [0.1, 0.15) is 23.2 Å². The van der Waals surface area contributed by atoms with Crippen LogP contribution in [0.3, 0.4) is 0 Å². The molecule has 132 valence electrons. The molecule has 1 aromatic carbocycles. The lowest BCUT2D eigenvalue weighted by molar-refractivity contribution is 0.0675. The maximum Gasteiger partial charge on any atom is 0.257 e. The number of nitrogens with zero attached hydrogens (tertiary/aromatic N) is 2. The fourth-order valence-electron chi connectivity index (χ4n) is 3.26. The van der Waals surface area contributed by atoms with Crippen molar-refractivity contribution in [1.29, 1.82) is 0 Å². The molecule has 25 heavy (non-hydrogen) atoms. The van der Waals surface area contributed by atoms with Gasteiger partial charge >= 0.3 is 0 Å². The summed E-state index contributed by atoms with van der Waals surface area (Å²) in [6.45, 7) is 2.41. The largest absolute Gasteiger partial charge is 0.339 e. The number of aromatic nitrogens is 1. The first-order valence-corrected chi connectivity index (χ1v) is 8.59. The van der Waals surface area contributed by atoms with Crippen LogP contribution in [0.15, 0.2) is 42.6 Å². The quantitative estimate of drug-likeness (QED) is 0.877. The first-order chi connectivity index (χ1) is 12.2. The smallest absolute Gasteiger partial charge is 0.257 e. The second-order valence-electron chi connectivity index (χ2n) is 6.35. The van der Waals surface area contributed by atoms with Crippen molar-refractivity contribution in [2.45, 2.75) is 12.8 Å². The van der Waals surface area contributed by atoms with E-state index < -0.39 is 0 Å². The molecule has 3 rings (SSSR count). The van der Waals surface area contributed by atoms with Crippen LogP contribution >= 0.6 is 0 Å². The molecule has 1 aromatic heterocycles. The van der Waals surface area contributed by atoms with Gasteiger partial charge in [0.2, 0.25) is 0 Å². The molecule has 0 aliphatic carbocycles. The Morgan fingerprint density at radius 2 is 2.24 bits per heavy atom. The molecule has 1 amide bonds. The summed E-state index contributed by atoms with van der Waals surface area (Å²) in [6.07, 6.45) is 3.76. The maximum absolute atomic E-state index is 13.4. The fourth-order valence-corrected chi connectivity index (χ4v) is 3.26. The minimum Gasteiger partial charge on any atom is -0.339 e. The van der Waals surface area contributed by atoms with Crippen LogP contribution < -0.4 is 10.6 Å². The molecular formula is C19H23FN4O. The molecule has 0 saturated carbocycles. The summed E-state index contributed by atoms with van der Waals surface area (Å²) in [5, 5.41) is 6.25. The Morgan fingerprint density at radius 1 is 1.36 bits per heavy atom. The minimum atomic E-state index is -0.334. The highest BCUT2D eigenvalue weighted by Crippen LogP contribution is 2.23. The summed E-state index contributed by atoms with van der Waals surface area (Å²) in [7, 11) is 1.93.